The molecule has 6 rings (SSSR count). The number of anilines is 5. The maximum atomic E-state index is 15.3. The van der Waals surface area contributed by atoms with Crippen molar-refractivity contribution in [3.8, 4) is 22.8 Å². The van der Waals surface area contributed by atoms with E-state index >= 15 is 4.39 Å². The third-order valence-electron chi connectivity index (χ3n) is 7.98. The molecule has 0 saturated heterocycles. The second-order valence-electron chi connectivity index (χ2n) is 11.5. The second kappa shape index (κ2) is 13.0. The normalized spacial score (nSPS) is 11.0. The molecule has 0 amide bonds. The smallest absolute Gasteiger partial charge is 0.204 e. The number of hydrogen-bond donors (Lipinski definition) is 0. The maximum absolute atomic E-state index is 15.3. The Labute approximate surface area is 272 Å². The minimum absolute atomic E-state index is 0.147. The van der Waals surface area contributed by atoms with Gasteiger partial charge in [0.05, 0.1) is 11.4 Å². The fraction of sp³-hybridized carbons (Fsp3) is 0.128. The van der Waals surface area contributed by atoms with Crippen LogP contribution in [0.2, 0.25) is 0 Å². The molecule has 0 fully saturated rings. The van der Waals surface area contributed by atoms with E-state index in [1.165, 1.54) is 12.3 Å². The molecule has 0 aliphatic carbocycles. The first-order chi connectivity index (χ1) is 22.6. The molecule has 8 heteroatoms. The molecule has 47 heavy (non-hydrogen) atoms. The maximum Gasteiger partial charge on any atom is 0.204 e. The molecule has 0 saturated carbocycles. The molecule has 0 bridgehead atoms. The van der Waals surface area contributed by atoms with E-state index in [2.05, 4.69) is 65.1 Å². The van der Waals surface area contributed by atoms with Gasteiger partial charge in [-0.3, -0.25) is 4.98 Å². The van der Waals surface area contributed by atoms with E-state index in [1.54, 1.807) is 30.5 Å². The Bertz CT molecular complexity index is 2020. The van der Waals surface area contributed by atoms with Crippen LogP contribution in [-0.2, 0) is 0 Å². The summed E-state index contributed by atoms with van der Waals surface area (Å²) in [6.45, 7) is 8.19. The molecule has 5 nitrogen and oxygen atoms in total. The Morgan fingerprint density at radius 2 is 1.21 bits per heavy atom. The number of ether oxygens (including phenoxy) is 1. The van der Waals surface area contributed by atoms with E-state index in [9.17, 15) is 8.78 Å². The van der Waals surface area contributed by atoms with E-state index in [1.807, 2.05) is 50.1 Å². The van der Waals surface area contributed by atoms with Gasteiger partial charge < -0.3 is 14.5 Å². The Morgan fingerprint density at radius 3 is 1.79 bits per heavy atom. The zero-order valence-corrected chi connectivity index (χ0v) is 26.7. The monoisotopic (exact) mass is 630 g/mol. The van der Waals surface area contributed by atoms with Gasteiger partial charge in [-0.1, -0.05) is 47.5 Å². The SMILES string of the molecule is Cc1ccc(N(c2cc(Oc3cc(-c4ccccn4)c(F)c(F)c3F)cc(N(C)c3ccccn3)c2)c2ccc(C)cc2C)c(C)c1. The van der Waals surface area contributed by atoms with Crippen LogP contribution in [0.3, 0.4) is 0 Å². The lowest BCUT2D eigenvalue weighted by Gasteiger charge is -2.30. The lowest BCUT2D eigenvalue weighted by Crippen LogP contribution is -2.15. The van der Waals surface area contributed by atoms with Crippen LogP contribution in [0.5, 0.6) is 11.5 Å². The first kappa shape index (κ1) is 31.4. The second-order valence-corrected chi connectivity index (χ2v) is 11.5. The quantitative estimate of drug-likeness (QED) is 0.157. The van der Waals surface area contributed by atoms with Crippen LogP contribution in [0.4, 0.5) is 41.7 Å². The topological polar surface area (TPSA) is 41.5 Å². The third kappa shape index (κ3) is 6.40. The fourth-order valence-electron chi connectivity index (χ4n) is 5.64. The van der Waals surface area contributed by atoms with Gasteiger partial charge in [0.2, 0.25) is 5.82 Å². The molecule has 0 atom stereocenters. The van der Waals surface area contributed by atoms with Crippen molar-refractivity contribution in [1.29, 1.82) is 0 Å². The number of aromatic nitrogens is 2. The largest absolute Gasteiger partial charge is 0.454 e. The van der Waals surface area contributed by atoms with Crippen molar-refractivity contribution < 1.29 is 17.9 Å². The fourth-order valence-corrected chi connectivity index (χ4v) is 5.64. The van der Waals surface area contributed by atoms with Gasteiger partial charge in [0.1, 0.15) is 11.6 Å². The molecule has 236 valence electrons. The molecule has 6 aromatic rings. The number of halogens is 3. The van der Waals surface area contributed by atoms with Crippen molar-refractivity contribution in [1.82, 2.24) is 9.97 Å². The summed E-state index contributed by atoms with van der Waals surface area (Å²) in [6, 6.07) is 29.4. The lowest BCUT2D eigenvalue weighted by atomic mass is 10.0. The van der Waals surface area contributed by atoms with E-state index in [-0.39, 0.29) is 17.0 Å². The number of pyridine rings is 2. The highest BCUT2D eigenvalue weighted by Gasteiger charge is 2.24. The highest BCUT2D eigenvalue weighted by molar-refractivity contribution is 5.83. The minimum Gasteiger partial charge on any atom is -0.454 e. The van der Waals surface area contributed by atoms with Gasteiger partial charge in [-0.05, 0) is 87.4 Å². The van der Waals surface area contributed by atoms with Gasteiger partial charge in [-0.15, -0.1) is 0 Å². The average Bonchev–Trinajstić information content (AvgIpc) is 3.07. The molecule has 0 radical (unpaired) electrons. The van der Waals surface area contributed by atoms with Gasteiger partial charge in [0.15, 0.2) is 17.4 Å². The summed E-state index contributed by atoms with van der Waals surface area (Å²) >= 11 is 0. The first-order valence-electron chi connectivity index (χ1n) is 15.1. The molecule has 0 unspecified atom stereocenters. The zero-order chi connectivity index (χ0) is 33.2. The van der Waals surface area contributed by atoms with Crippen molar-refractivity contribution in [2.24, 2.45) is 0 Å². The molecule has 0 aliphatic rings. The van der Waals surface area contributed by atoms with Crippen LogP contribution in [0.25, 0.3) is 11.3 Å². The summed E-state index contributed by atoms with van der Waals surface area (Å²) in [5.41, 5.74) is 7.50. The van der Waals surface area contributed by atoms with Gasteiger partial charge in [0.25, 0.3) is 0 Å². The van der Waals surface area contributed by atoms with Crippen LogP contribution < -0.4 is 14.5 Å². The van der Waals surface area contributed by atoms with E-state index in [4.69, 9.17) is 4.74 Å². The van der Waals surface area contributed by atoms with Crippen LogP contribution >= 0.6 is 0 Å². The Balaban J connectivity index is 1.56. The Hall–Kier alpha value is -5.63. The molecule has 0 N–H and O–H groups in total. The summed E-state index contributed by atoms with van der Waals surface area (Å²) in [5.74, 6) is -4.02. The van der Waals surface area contributed by atoms with E-state index in [0.717, 1.165) is 39.7 Å². The van der Waals surface area contributed by atoms with Crippen LogP contribution in [0.1, 0.15) is 22.3 Å². The Kier molecular flexibility index (Phi) is 8.68. The predicted octanol–water partition coefficient (Wildman–Crippen LogP) is 10.8. The first-order valence-corrected chi connectivity index (χ1v) is 15.1. The molecular weight excluding hydrogens is 597 g/mol. The van der Waals surface area contributed by atoms with Crippen molar-refractivity contribution in [3.05, 3.63) is 149 Å². The minimum atomic E-state index is -1.64. The number of aryl methyl sites for hydroxylation is 4. The van der Waals surface area contributed by atoms with Crippen molar-refractivity contribution in [2.75, 3.05) is 16.8 Å². The summed E-state index contributed by atoms with van der Waals surface area (Å²) in [5, 5.41) is 0. The molecule has 0 aliphatic heterocycles. The van der Waals surface area contributed by atoms with Gasteiger partial charge in [0, 0.05) is 54.2 Å². The lowest BCUT2D eigenvalue weighted by molar-refractivity contribution is 0.395. The van der Waals surface area contributed by atoms with E-state index in [0.29, 0.717) is 17.2 Å². The zero-order valence-electron chi connectivity index (χ0n) is 26.7. The predicted molar refractivity (Wildman–Crippen MR) is 182 cm³/mol. The summed E-state index contributed by atoms with van der Waals surface area (Å²) in [6.07, 6.45) is 3.15. The van der Waals surface area contributed by atoms with Crippen LogP contribution in [-0.4, -0.2) is 17.0 Å². The van der Waals surface area contributed by atoms with Crippen molar-refractivity contribution >= 4 is 28.6 Å². The summed E-state index contributed by atoms with van der Waals surface area (Å²) in [4.78, 5) is 12.6. The highest BCUT2D eigenvalue weighted by Crippen LogP contribution is 2.44. The van der Waals surface area contributed by atoms with Gasteiger partial charge in [-0.2, -0.15) is 4.39 Å². The molecule has 0 spiro atoms. The van der Waals surface area contributed by atoms with E-state index < -0.39 is 23.2 Å². The standard InChI is InChI=1S/C39H33F3N4O/c1-24-12-14-33(26(3)18-24)46(34-15-13-25(2)19-27(34)4)29-20-28(45(5)36-11-7-9-17-44-36)21-30(22-29)47-35-23-31(32-10-6-8-16-43-32)37(40)39(42)38(35)41/h6-23H,1-5H3. The average molecular weight is 631 g/mol. The van der Waals surface area contributed by atoms with Gasteiger partial charge >= 0.3 is 0 Å². The summed E-state index contributed by atoms with van der Waals surface area (Å²) in [7, 11) is 1.86. The third-order valence-corrected chi connectivity index (χ3v) is 7.98. The van der Waals surface area contributed by atoms with Gasteiger partial charge in [-0.25, -0.2) is 13.8 Å². The van der Waals surface area contributed by atoms with Crippen LogP contribution in [0, 0.1) is 45.1 Å². The molecule has 2 aromatic heterocycles. The molecular formula is C39H33F3N4O. The number of benzene rings is 4. The molecule has 2 heterocycles. The van der Waals surface area contributed by atoms with Crippen molar-refractivity contribution in [2.45, 2.75) is 27.7 Å². The Morgan fingerprint density at radius 1 is 0.596 bits per heavy atom. The summed E-state index contributed by atoms with van der Waals surface area (Å²) < 4.78 is 51.4. The number of rotatable bonds is 8. The molecule has 4 aromatic carbocycles. The number of nitrogens with zero attached hydrogens (tertiary/aromatic N) is 4. The van der Waals surface area contributed by atoms with Crippen molar-refractivity contribution in [3.63, 3.8) is 0 Å². The number of hydrogen-bond acceptors (Lipinski definition) is 5. The highest BCUT2D eigenvalue weighted by atomic mass is 19.2. The van der Waals surface area contributed by atoms with Crippen LogP contribution in [0.15, 0.2) is 109 Å².